The Morgan fingerprint density at radius 3 is 2.06 bits per heavy atom. The van der Waals surface area contributed by atoms with Crippen molar-refractivity contribution in [1.29, 1.82) is 0 Å². The molecular formula is C23H31N3O5S. The highest BCUT2D eigenvalue weighted by molar-refractivity contribution is 7.92. The normalized spacial score (nSPS) is 20.5. The van der Waals surface area contributed by atoms with Crippen molar-refractivity contribution in [3.8, 4) is 11.5 Å². The van der Waals surface area contributed by atoms with Crippen LogP contribution in [0.4, 0.5) is 5.69 Å². The van der Waals surface area contributed by atoms with Crippen LogP contribution in [0.2, 0.25) is 0 Å². The number of hydrogen-bond acceptors (Lipinski definition) is 6. The number of ether oxygens (including phenoxy) is 2. The van der Waals surface area contributed by atoms with Gasteiger partial charge in [0.2, 0.25) is 15.9 Å². The molecule has 2 aromatic carbocycles. The van der Waals surface area contributed by atoms with Crippen LogP contribution in [0.1, 0.15) is 19.4 Å². The summed E-state index contributed by atoms with van der Waals surface area (Å²) in [4.78, 5) is 14.2. The molecular weight excluding hydrogens is 430 g/mol. The van der Waals surface area contributed by atoms with Crippen molar-refractivity contribution < 1.29 is 22.7 Å². The van der Waals surface area contributed by atoms with Gasteiger partial charge in [0, 0.05) is 13.1 Å². The van der Waals surface area contributed by atoms with Crippen molar-refractivity contribution in [2.45, 2.75) is 39.0 Å². The van der Waals surface area contributed by atoms with Crippen molar-refractivity contribution >= 4 is 21.6 Å². The van der Waals surface area contributed by atoms with Gasteiger partial charge in [0.25, 0.3) is 0 Å². The van der Waals surface area contributed by atoms with Crippen LogP contribution in [-0.2, 0) is 19.6 Å². The summed E-state index contributed by atoms with van der Waals surface area (Å²) in [5.41, 5.74) is 7.25. The number of carbonyl (C=O) groups is 1. The maximum atomic E-state index is 12.6. The van der Waals surface area contributed by atoms with Gasteiger partial charge in [0.05, 0.1) is 30.7 Å². The molecule has 0 aliphatic carbocycles. The Labute approximate surface area is 190 Å². The van der Waals surface area contributed by atoms with Gasteiger partial charge < -0.3 is 15.2 Å². The van der Waals surface area contributed by atoms with E-state index in [1.165, 1.54) is 4.31 Å². The van der Waals surface area contributed by atoms with E-state index in [2.05, 4.69) is 0 Å². The largest absolute Gasteiger partial charge is 0.457 e. The van der Waals surface area contributed by atoms with Gasteiger partial charge in [0.15, 0.2) is 0 Å². The standard InChI is InChI=1S/C23H31N3O5S/c1-16-5-9-20(10-6-16)31-21-11-7-19(8-12-21)26(32(4,28)29)15-22(23(24)27)25-13-17(2)30-18(3)14-25/h5-12,17-18,22H,13-15H2,1-4H3,(H2,24,27)/t17?,18?,22-/m0/s1. The van der Waals surface area contributed by atoms with Crippen LogP contribution < -0.4 is 14.8 Å². The van der Waals surface area contributed by atoms with E-state index in [0.29, 0.717) is 30.3 Å². The summed E-state index contributed by atoms with van der Waals surface area (Å²) < 4.78 is 38.0. The van der Waals surface area contributed by atoms with Gasteiger partial charge >= 0.3 is 0 Å². The summed E-state index contributed by atoms with van der Waals surface area (Å²) >= 11 is 0. The van der Waals surface area contributed by atoms with Crippen molar-refractivity contribution in [2.24, 2.45) is 5.73 Å². The molecule has 174 valence electrons. The zero-order chi connectivity index (χ0) is 23.5. The topological polar surface area (TPSA) is 102 Å². The molecule has 1 fully saturated rings. The summed E-state index contributed by atoms with van der Waals surface area (Å²) in [5, 5.41) is 0. The third kappa shape index (κ3) is 6.21. The molecule has 2 unspecified atom stereocenters. The lowest BCUT2D eigenvalue weighted by Gasteiger charge is -2.40. The van der Waals surface area contributed by atoms with Crippen LogP contribution in [0, 0.1) is 6.92 Å². The lowest BCUT2D eigenvalue weighted by Crippen LogP contribution is -2.58. The molecule has 2 aromatic rings. The highest BCUT2D eigenvalue weighted by Gasteiger charge is 2.34. The molecule has 1 saturated heterocycles. The van der Waals surface area contributed by atoms with Gasteiger partial charge in [-0.15, -0.1) is 0 Å². The van der Waals surface area contributed by atoms with E-state index in [9.17, 15) is 13.2 Å². The molecule has 0 aromatic heterocycles. The van der Waals surface area contributed by atoms with E-state index in [1.807, 2.05) is 49.9 Å². The second-order valence-corrected chi connectivity index (χ2v) is 10.2. The summed E-state index contributed by atoms with van der Waals surface area (Å²) in [6.45, 7) is 6.75. The molecule has 32 heavy (non-hydrogen) atoms. The molecule has 0 spiro atoms. The maximum Gasteiger partial charge on any atom is 0.236 e. The van der Waals surface area contributed by atoms with Crippen LogP contribution in [0.25, 0.3) is 0 Å². The number of aryl methyl sites for hydroxylation is 1. The highest BCUT2D eigenvalue weighted by Crippen LogP contribution is 2.27. The molecule has 1 heterocycles. The molecule has 3 atom stereocenters. The van der Waals surface area contributed by atoms with E-state index < -0.39 is 22.0 Å². The SMILES string of the molecule is Cc1ccc(Oc2ccc(N(C[C@@H](C(N)=O)N3CC(C)OC(C)C3)S(C)(=O)=O)cc2)cc1. The summed E-state index contributed by atoms with van der Waals surface area (Å²) in [5.74, 6) is 0.695. The number of hydrogen-bond donors (Lipinski definition) is 1. The fraction of sp³-hybridized carbons (Fsp3) is 0.435. The number of rotatable bonds is 8. The molecule has 0 bridgehead atoms. The molecule has 8 nitrogen and oxygen atoms in total. The number of primary amides is 1. The zero-order valence-corrected chi connectivity index (χ0v) is 19.7. The van der Waals surface area contributed by atoms with Crippen molar-refractivity contribution in [1.82, 2.24) is 4.90 Å². The van der Waals surface area contributed by atoms with Crippen LogP contribution in [0.15, 0.2) is 48.5 Å². The van der Waals surface area contributed by atoms with Gasteiger partial charge in [-0.2, -0.15) is 0 Å². The Morgan fingerprint density at radius 2 is 1.59 bits per heavy atom. The Balaban J connectivity index is 1.81. The van der Waals surface area contributed by atoms with Gasteiger partial charge in [-0.1, -0.05) is 17.7 Å². The molecule has 9 heteroatoms. The molecule has 2 N–H and O–H groups in total. The lowest BCUT2D eigenvalue weighted by molar-refractivity contribution is -0.129. The minimum atomic E-state index is -3.66. The Hall–Kier alpha value is -2.62. The maximum absolute atomic E-state index is 12.6. The third-order valence-electron chi connectivity index (χ3n) is 5.34. The van der Waals surface area contributed by atoms with E-state index in [4.69, 9.17) is 15.2 Å². The first kappa shape index (κ1) is 24.0. The number of nitrogens with zero attached hydrogens (tertiary/aromatic N) is 2. The van der Waals surface area contributed by atoms with Crippen LogP contribution in [0.5, 0.6) is 11.5 Å². The Morgan fingerprint density at radius 1 is 1.09 bits per heavy atom. The van der Waals surface area contributed by atoms with Crippen molar-refractivity contribution in [3.05, 3.63) is 54.1 Å². The number of sulfonamides is 1. The van der Waals surface area contributed by atoms with Gasteiger partial charge in [-0.25, -0.2) is 8.42 Å². The minimum Gasteiger partial charge on any atom is -0.457 e. The van der Waals surface area contributed by atoms with Crippen molar-refractivity contribution in [3.63, 3.8) is 0 Å². The molecule has 1 amide bonds. The fourth-order valence-electron chi connectivity index (χ4n) is 3.87. The molecule has 1 aliphatic heterocycles. The summed E-state index contributed by atoms with van der Waals surface area (Å²) in [6.07, 6.45) is 0.961. The monoisotopic (exact) mass is 461 g/mol. The number of anilines is 1. The van der Waals surface area contributed by atoms with Crippen LogP contribution in [0.3, 0.4) is 0 Å². The number of morpholine rings is 1. The van der Waals surface area contributed by atoms with Crippen LogP contribution in [-0.4, -0.2) is 63.4 Å². The lowest BCUT2D eigenvalue weighted by atomic mass is 10.1. The first-order valence-electron chi connectivity index (χ1n) is 10.5. The predicted molar refractivity (Wildman–Crippen MR) is 124 cm³/mol. The molecule has 1 aliphatic rings. The van der Waals surface area contributed by atoms with E-state index in [-0.39, 0.29) is 18.8 Å². The smallest absolute Gasteiger partial charge is 0.236 e. The highest BCUT2D eigenvalue weighted by atomic mass is 32.2. The van der Waals surface area contributed by atoms with E-state index in [0.717, 1.165) is 11.8 Å². The third-order valence-corrected chi connectivity index (χ3v) is 6.50. The average molecular weight is 462 g/mol. The first-order valence-corrected chi connectivity index (χ1v) is 12.4. The molecule has 0 radical (unpaired) electrons. The molecule has 3 rings (SSSR count). The molecule has 0 saturated carbocycles. The Bertz CT molecular complexity index is 1010. The summed E-state index contributed by atoms with van der Waals surface area (Å²) in [6, 6.07) is 13.6. The summed E-state index contributed by atoms with van der Waals surface area (Å²) in [7, 11) is -3.66. The first-order chi connectivity index (χ1) is 15.0. The fourth-order valence-corrected chi connectivity index (χ4v) is 4.79. The van der Waals surface area contributed by atoms with Gasteiger partial charge in [-0.05, 0) is 57.2 Å². The minimum absolute atomic E-state index is 0.0776. The second kappa shape index (κ2) is 9.89. The number of carbonyl (C=O) groups excluding carboxylic acids is 1. The number of benzene rings is 2. The van der Waals surface area contributed by atoms with Gasteiger partial charge in [-0.3, -0.25) is 14.0 Å². The number of nitrogens with two attached hydrogens (primary N) is 1. The number of amides is 1. The van der Waals surface area contributed by atoms with Gasteiger partial charge in [0.1, 0.15) is 17.5 Å². The van der Waals surface area contributed by atoms with E-state index in [1.54, 1.807) is 24.3 Å². The van der Waals surface area contributed by atoms with Crippen LogP contribution >= 0.6 is 0 Å². The predicted octanol–water partition coefficient (Wildman–Crippen LogP) is 2.52. The second-order valence-electron chi connectivity index (χ2n) is 8.33. The Kier molecular flexibility index (Phi) is 7.43. The quantitative estimate of drug-likeness (QED) is 0.648. The zero-order valence-electron chi connectivity index (χ0n) is 18.9. The average Bonchev–Trinajstić information content (AvgIpc) is 2.69. The van der Waals surface area contributed by atoms with E-state index >= 15 is 0 Å². The van der Waals surface area contributed by atoms with Crippen molar-refractivity contribution in [2.75, 3.05) is 30.2 Å².